The molecular weight excluding hydrogens is 230 g/mol. The lowest BCUT2D eigenvalue weighted by molar-refractivity contribution is 0.573. The van der Waals surface area contributed by atoms with Gasteiger partial charge in [0.1, 0.15) is 0 Å². The van der Waals surface area contributed by atoms with Gasteiger partial charge in [-0.3, -0.25) is 4.99 Å². The van der Waals surface area contributed by atoms with Crippen molar-refractivity contribution in [3.05, 3.63) is 71.3 Å². The Morgan fingerprint density at radius 2 is 1.79 bits per heavy atom. The molecule has 1 aliphatic carbocycles. The largest absolute Gasteiger partial charge is 0.289 e. The van der Waals surface area contributed by atoms with Gasteiger partial charge in [0.2, 0.25) is 0 Å². The number of hydrogen-bond donors (Lipinski definition) is 0. The average molecular weight is 249 g/mol. The minimum absolute atomic E-state index is 0.369. The first-order valence-corrected chi connectivity index (χ1v) is 7.07. The second kappa shape index (κ2) is 5.83. The van der Waals surface area contributed by atoms with Crippen LogP contribution in [0.1, 0.15) is 35.6 Å². The van der Waals surface area contributed by atoms with Crippen LogP contribution in [0.2, 0.25) is 0 Å². The maximum atomic E-state index is 4.79. The molecule has 1 aliphatic rings. The van der Waals surface area contributed by atoms with Crippen molar-refractivity contribution in [1.29, 1.82) is 0 Å². The quantitative estimate of drug-likeness (QED) is 0.716. The third-order valence-electron chi connectivity index (χ3n) is 3.79. The SMILES string of the molecule is C(Cc1ccccc1)=NC1CCCc2ccccc21. The zero-order valence-corrected chi connectivity index (χ0v) is 11.1. The van der Waals surface area contributed by atoms with Gasteiger partial charge >= 0.3 is 0 Å². The van der Waals surface area contributed by atoms with Crippen LogP contribution in [0.15, 0.2) is 59.6 Å². The van der Waals surface area contributed by atoms with Crippen LogP contribution < -0.4 is 0 Å². The summed E-state index contributed by atoms with van der Waals surface area (Å²) in [4.78, 5) is 4.79. The smallest absolute Gasteiger partial charge is 0.0748 e. The highest BCUT2D eigenvalue weighted by molar-refractivity contribution is 5.62. The van der Waals surface area contributed by atoms with Gasteiger partial charge in [-0.15, -0.1) is 0 Å². The predicted molar refractivity (Wildman–Crippen MR) is 80.8 cm³/mol. The van der Waals surface area contributed by atoms with E-state index in [1.165, 1.54) is 36.0 Å². The van der Waals surface area contributed by atoms with Crippen molar-refractivity contribution in [2.75, 3.05) is 0 Å². The van der Waals surface area contributed by atoms with E-state index in [-0.39, 0.29) is 0 Å². The molecule has 0 bridgehead atoms. The summed E-state index contributed by atoms with van der Waals surface area (Å²) in [5, 5.41) is 0. The van der Waals surface area contributed by atoms with Gasteiger partial charge in [-0.25, -0.2) is 0 Å². The Balaban J connectivity index is 1.71. The summed E-state index contributed by atoms with van der Waals surface area (Å²) in [6, 6.07) is 19.6. The number of aliphatic imine (C=N–C) groups is 1. The van der Waals surface area contributed by atoms with Crippen molar-refractivity contribution < 1.29 is 0 Å². The number of benzene rings is 2. The summed E-state index contributed by atoms with van der Waals surface area (Å²) in [7, 11) is 0. The molecule has 0 amide bonds. The lowest BCUT2D eigenvalue weighted by Gasteiger charge is -2.22. The molecule has 2 aromatic rings. The van der Waals surface area contributed by atoms with E-state index >= 15 is 0 Å². The van der Waals surface area contributed by atoms with Gasteiger partial charge in [-0.2, -0.15) is 0 Å². The number of nitrogens with zero attached hydrogens (tertiary/aromatic N) is 1. The Hall–Kier alpha value is -1.89. The molecule has 1 atom stereocenters. The highest BCUT2D eigenvalue weighted by Crippen LogP contribution is 2.32. The third kappa shape index (κ3) is 2.93. The molecule has 0 N–H and O–H groups in total. The number of rotatable bonds is 3. The van der Waals surface area contributed by atoms with Crippen molar-refractivity contribution in [3.63, 3.8) is 0 Å². The number of hydrogen-bond acceptors (Lipinski definition) is 1. The average Bonchev–Trinajstić information content (AvgIpc) is 2.49. The molecular formula is C18H19N. The van der Waals surface area contributed by atoms with E-state index in [4.69, 9.17) is 4.99 Å². The third-order valence-corrected chi connectivity index (χ3v) is 3.79. The van der Waals surface area contributed by atoms with Crippen LogP contribution in [0.3, 0.4) is 0 Å². The van der Waals surface area contributed by atoms with Gasteiger partial charge in [0.15, 0.2) is 0 Å². The highest BCUT2D eigenvalue weighted by Gasteiger charge is 2.17. The van der Waals surface area contributed by atoms with E-state index in [9.17, 15) is 0 Å². The van der Waals surface area contributed by atoms with Crippen LogP contribution in [-0.2, 0) is 12.8 Å². The second-order valence-corrected chi connectivity index (χ2v) is 5.13. The van der Waals surface area contributed by atoms with E-state index in [2.05, 4.69) is 60.8 Å². The van der Waals surface area contributed by atoms with Crippen molar-refractivity contribution in [1.82, 2.24) is 0 Å². The lowest BCUT2D eigenvalue weighted by Crippen LogP contribution is -2.08. The fourth-order valence-corrected chi connectivity index (χ4v) is 2.78. The summed E-state index contributed by atoms with van der Waals surface area (Å²) in [6.45, 7) is 0. The maximum Gasteiger partial charge on any atom is 0.0748 e. The molecule has 1 nitrogen and oxygen atoms in total. The first kappa shape index (κ1) is 12.2. The first-order valence-electron chi connectivity index (χ1n) is 7.07. The fourth-order valence-electron chi connectivity index (χ4n) is 2.78. The lowest BCUT2D eigenvalue weighted by atomic mass is 9.88. The van der Waals surface area contributed by atoms with Crippen LogP contribution in [0.5, 0.6) is 0 Å². The Bertz CT molecular complexity index is 557. The number of fused-ring (bicyclic) bond motifs is 1. The van der Waals surface area contributed by atoms with E-state index in [1.54, 1.807) is 0 Å². The minimum atomic E-state index is 0.369. The summed E-state index contributed by atoms with van der Waals surface area (Å²) < 4.78 is 0. The molecule has 0 saturated heterocycles. The molecule has 0 aliphatic heterocycles. The number of aryl methyl sites for hydroxylation is 1. The van der Waals surface area contributed by atoms with Crippen LogP contribution in [0.4, 0.5) is 0 Å². The van der Waals surface area contributed by atoms with Gasteiger partial charge in [-0.05, 0) is 36.0 Å². The standard InChI is InChI=1S/C18H19N/c1-2-7-15(8-3-1)13-14-19-18-12-6-10-16-9-4-5-11-17(16)18/h1-5,7-9,11,14,18H,6,10,12-13H2. The molecule has 1 unspecified atom stereocenters. The second-order valence-electron chi connectivity index (χ2n) is 5.13. The summed E-state index contributed by atoms with van der Waals surface area (Å²) >= 11 is 0. The van der Waals surface area contributed by atoms with Crippen LogP contribution >= 0.6 is 0 Å². The first-order chi connectivity index (χ1) is 9.43. The molecule has 96 valence electrons. The molecule has 0 spiro atoms. The molecule has 0 heterocycles. The molecule has 2 aromatic carbocycles. The summed E-state index contributed by atoms with van der Waals surface area (Å²) in [6.07, 6.45) is 6.66. The molecule has 3 rings (SSSR count). The zero-order valence-electron chi connectivity index (χ0n) is 11.1. The Morgan fingerprint density at radius 1 is 1.00 bits per heavy atom. The summed E-state index contributed by atoms with van der Waals surface area (Å²) in [5.74, 6) is 0. The Kier molecular flexibility index (Phi) is 3.73. The van der Waals surface area contributed by atoms with Crippen molar-refractivity contribution in [3.8, 4) is 0 Å². The fraction of sp³-hybridized carbons (Fsp3) is 0.278. The molecule has 1 heteroatoms. The molecule has 0 aromatic heterocycles. The van der Waals surface area contributed by atoms with Gasteiger partial charge in [-0.1, -0.05) is 54.6 Å². The van der Waals surface area contributed by atoms with Crippen molar-refractivity contribution in [2.24, 2.45) is 4.99 Å². The van der Waals surface area contributed by atoms with Gasteiger partial charge in [0.05, 0.1) is 6.04 Å². The minimum Gasteiger partial charge on any atom is -0.289 e. The van der Waals surface area contributed by atoms with Crippen LogP contribution in [0, 0.1) is 0 Å². The van der Waals surface area contributed by atoms with Gasteiger partial charge in [0, 0.05) is 12.6 Å². The molecule has 19 heavy (non-hydrogen) atoms. The van der Waals surface area contributed by atoms with Gasteiger partial charge < -0.3 is 0 Å². The molecule has 0 radical (unpaired) electrons. The van der Waals surface area contributed by atoms with Crippen molar-refractivity contribution in [2.45, 2.75) is 31.7 Å². The van der Waals surface area contributed by atoms with E-state index in [0.717, 1.165) is 6.42 Å². The molecule has 0 saturated carbocycles. The predicted octanol–water partition coefficient (Wildman–Crippen LogP) is 4.38. The Morgan fingerprint density at radius 3 is 2.68 bits per heavy atom. The Labute approximate surface area is 115 Å². The normalized spacial score (nSPS) is 18.4. The zero-order chi connectivity index (χ0) is 12.9. The van der Waals surface area contributed by atoms with Crippen LogP contribution in [-0.4, -0.2) is 6.21 Å². The maximum absolute atomic E-state index is 4.79. The topological polar surface area (TPSA) is 12.4 Å². The van der Waals surface area contributed by atoms with E-state index in [0.29, 0.717) is 6.04 Å². The van der Waals surface area contributed by atoms with Gasteiger partial charge in [0.25, 0.3) is 0 Å². The highest BCUT2D eigenvalue weighted by atomic mass is 14.8. The van der Waals surface area contributed by atoms with Crippen LogP contribution in [0.25, 0.3) is 0 Å². The summed E-state index contributed by atoms with van der Waals surface area (Å²) in [5.41, 5.74) is 4.24. The van der Waals surface area contributed by atoms with E-state index in [1.807, 2.05) is 0 Å². The molecule has 0 fully saturated rings. The van der Waals surface area contributed by atoms with E-state index < -0.39 is 0 Å². The van der Waals surface area contributed by atoms with Crippen molar-refractivity contribution >= 4 is 6.21 Å². The monoisotopic (exact) mass is 249 g/mol.